The van der Waals surface area contributed by atoms with Gasteiger partial charge in [-0.05, 0) is 0 Å². The lowest BCUT2D eigenvalue weighted by molar-refractivity contribution is -0.0687. The van der Waals surface area contributed by atoms with E-state index in [1.807, 2.05) is 0 Å². The summed E-state index contributed by atoms with van der Waals surface area (Å²) in [5.74, 6) is 0. The summed E-state index contributed by atoms with van der Waals surface area (Å²) in [7, 11) is 0. The monoisotopic (exact) mass is 307 g/mol. The number of hydrogen-bond acceptors (Lipinski definition) is 7. The third kappa shape index (κ3) is 1.85. The highest BCUT2D eigenvalue weighted by atomic mass is 16.6. The normalized spacial score (nSPS) is 30.0. The fourth-order valence-electron chi connectivity index (χ4n) is 2.99. The quantitative estimate of drug-likeness (QED) is 0.668. The van der Waals surface area contributed by atoms with Crippen LogP contribution in [0.4, 0.5) is 0 Å². The van der Waals surface area contributed by atoms with Gasteiger partial charge in [0, 0.05) is 12.3 Å². The van der Waals surface area contributed by atoms with E-state index in [0.717, 1.165) is 5.69 Å². The van der Waals surface area contributed by atoms with E-state index in [-0.39, 0.29) is 6.61 Å². The molecule has 0 bridgehead atoms. The first-order valence-electron chi connectivity index (χ1n) is 6.77. The first-order valence-corrected chi connectivity index (χ1v) is 6.77. The second kappa shape index (κ2) is 4.87. The Bertz CT molecular complexity index is 810. The Hall–Kier alpha value is -2.30. The van der Waals surface area contributed by atoms with Crippen LogP contribution in [-0.4, -0.2) is 48.5 Å². The number of H-pyrrole nitrogens is 1. The van der Waals surface area contributed by atoms with Crippen molar-refractivity contribution in [1.82, 2.24) is 24.5 Å². The highest BCUT2D eigenvalue weighted by molar-refractivity contribution is 5.05. The third-order valence-electron chi connectivity index (χ3n) is 3.97. The van der Waals surface area contributed by atoms with Crippen molar-refractivity contribution in [3.05, 3.63) is 45.0 Å². The minimum Gasteiger partial charge on any atom is -0.394 e. The molecule has 0 saturated carbocycles. The standard InChI is InChI=1S/C12H13N5O5/c18-4-7-10-9(17-6(5-21-10)3-13-15-17)11(22-7)16-2-1-8(19)14-12(16)20/h1-3,7,9-11,18H,4-5H2,(H,14,19,20)/t7-,9-,10-,11-/m1/s1. The van der Waals surface area contributed by atoms with Crippen molar-refractivity contribution >= 4 is 0 Å². The molecule has 2 aromatic heterocycles. The van der Waals surface area contributed by atoms with Gasteiger partial charge in [0.1, 0.15) is 18.2 Å². The number of aliphatic hydroxyl groups is 1. The van der Waals surface area contributed by atoms with Gasteiger partial charge < -0.3 is 14.6 Å². The third-order valence-corrected chi connectivity index (χ3v) is 3.97. The number of nitrogens with zero attached hydrogens (tertiary/aromatic N) is 4. The van der Waals surface area contributed by atoms with Crippen molar-refractivity contribution in [3.8, 4) is 0 Å². The van der Waals surface area contributed by atoms with E-state index in [9.17, 15) is 14.7 Å². The Balaban J connectivity index is 1.83. The molecule has 4 heterocycles. The lowest BCUT2D eigenvalue weighted by Crippen LogP contribution is -2.40. The molecule has 2 aromatic rings. The number of fused-ring (bicyclic) bond motifs is 3. The molecule has 0 unspecified atom stereocenters. The van der Waals surface area contributed by atoms with Gasteiger partial charge in [0.15, 0.2) is 6.23 Å². The summed E-state index contributed by atoms with van der Waals surface area (Å²) in [4.78, 5) is 25.4. The van der Waals surface area contributed by atoms with Crippen LogP contribution in [0.3, 0.4) is 0 Å². The highest BCUT2D eigenvalue weighted by Gasteiger charge is 2.50. The summed E-state index contributed by atoms with van der Waals surface area (Å²) >= 11 is 0. The van der Waals surface area contributed by atoms with Crippen LogP contribution in [0.1, 0.15) is 18.0 Å². The van der Waals surface area contributed by atoms with Gasteiger partial charge >= 0.3 is 5.69 Å². The van der Waals surface area contributed by atoms with E-state index in [2.05, 4.69) is 15.3 Å². The van der Waals surface area contributed by atoms with E-state index in [0.29, 0.717) is 6.61 Å². The van der Waals surface area contributed by atoms with Gasteiger partial charge in [-0.1, -0.05) is 5.21 Å². The SMILES string of the molecule is O=c1ccn([C@@H]2O[C@H](CO)[C@H]3OCc4cnnn4[C@H]32)c(=O)[nH]1. The first kappa shape index (κ1) is 13.4. The smallest absolute Gasteiger partial charge is 0.330 e. The Labute approximate surface area is 122 Å². The van der Waals surface area contributed by atoms with Crippen molar-refractivity contribution < 1.29 is 14.6 Å². The Morgan fingerprint density at radius 1 is 1.45 bits per heavy atom. The fourth-order valence-corrected chi connectivity index (χ4v) is 2.99. The van der Waals surface area contributed by atoms with Crippen molar-refractivity contribution in [2.45, 2.75) is 31.1 Å². The number of rotatable bonds is 2. The van der Waals surface area contributed by atoms with Gasteiger partial charge in [-0.3, -0.25) is 14.3 Å². The Kier molecular flexibility index (Phi) is 2.96. The molecule has 4 atom stereocenters. The molecule has 0 aliphatic carbocycles. The summed E-state index contributed by atoms with van der Waals surface area (Å²) in [5.41, 5.74) is -0.330. The van der Waals surface area contributed by atoms with Gasteiger partial charge in [-0.25, -0.2) is 9.48 Å². The molecule has 2 aliphatic rings. The zero-order valence-corrected chi connectivity index (χ0v) is 11.3. The minimum absolute atomic E-state index is 0.250. The lowest BCUT2D eigenvalue weighted by Gasteiger charge is -2.29. The van der Waals surface area contributed by atoms with Gasteiger partial charge in [0.05, 0.1) is 25.1 Å². The maximum absolute atomic E-state index is 12.0. The van der Waals surface area contributed by atoms with Crippen LogP contribution in [0.2, 0.25) is 0 Å². The molecule has 22 heavy (non-hydrogen) atoms. The Morgan fingerprint density at radius 3 is 3.09 bits per heavy atom. The number of aromatic nitrogens is 5. The first-order chi connectivity index (χ1) is 10.7. The predicted molar refractivity (Wildman–Crippen MR) is 70.0 cm³/mol. The number of nitrogens with one attached hydrogen (secondary N) is 1. The summed E-state index contributed by atoms with van der Waals surface area (Å²) in [6.45, 7) is 0.0566. The van der Waals surface area contributed by atoms with Crippen molar-refractivity contribution in [1.29, 1.82) is 0 Å². The van der Waals surface area contributed by atoms with E-state index >= 15 is 0 Å². The molecule has 2 aliphatic heterocycles. The van der Waals surface area contributed by atoms with E-state index < -0.39 is 35.7 Å². The second-order valence-corrected chi connectivity index (χ2v) is 5.20. The Morgan fingerprint density at radius 2 is 2.32 bits per heavy atom. The van der Waals surface area contributed by atoms with Crippen LogP contribution in [0.5, 0.6) is 0 Å². The molecule has 0 spiro atoms. The van der Waals surface area contributed by atoms with Crippen LogP contribution in [0.25, 0.3) is 0 Å². The predicted octanol–water partition coefficient (Wildman–Crippen LogP) is -1.84. The molecule has 10 nitrogen and oxygen atoms in total. The van der Waals surface area contributed by atoms with Crippen LogP contribution < -0.4 is 11.2 Å². The number of hydrogen-bond donors (Lipinski definition) is 2. The molecule has 2 N–H and O–H groups in total. The van der Waals surface area contributed by atoms with Gasteiger partial charge in [-0.2, -0.15) is 0 Å². The fraction of sp³-hybridized carbons (Fsp3) is 0.500. The topological polar surface area (TPSA) is 124 Å². The molecule has 0 aromatic carbocycles. The van der Waals surface area contributed by atoms with Crippen LogP contribution >= 0.6 is 0 Å². The average molecular weight is 307 g/mol. The average Bonchev–Trinajstić information content (AvgIpc) is 3.10. The largest absolute Gasteiger partial charge is 0.394 e. The van der Waals surface area contributed by atoms with E-state index in [4.69, 9.17) is 9.47 Å². The molecule has 116 valence electrons. The summed E-state index contributed by atoms with van der Waals surface area (Å²) < 4.78 is 14.4. The van der Waals surface area contributed by atoms with Crippen LogP contribution in [-0.2, 0) is 16.1 Å². The zero-order chi connectivity index (χ0) is 15.3. The van der Waals surface area contributed by atoms with Crippen molar-refractivity contribution in [3.63, 3.8) is 0 Å². The van der Waals surface area contributed by atoms with Gasteiger partial charge in [0.25, 0.3) is 5.56 Å². The van der Waals surface area contributed by atoms with Crippen LogP contribution in [0.15, 0.2) is 28.0 Å². The minimum atomic E-state index is -0.757. The zero-order valence-electron chi connectivity index (χ0n) is 11.3. The lowest BCUT2D eigenvalue weighted by atomic mass is 10.1. The molecular formula is C12H13N5O5. The molecule has 10 heteroatoms. The van der Waals surface area contributed by atoms with Gasteiger partial charge in [-0.15, -0.1) is 5.10 Å². The summed E-state index contributed by atoms with van der Waals surface area (Å²) in [5, 5.41) is 17.4. The van der Waals surface area contributed by atoms with Crippen LogP contribution in [0, 0.1) is 0 Å². The summed E-state index contributed by atoms with van der Waals surface area (Å²) in [6.07, 6.45) is 1.13. The molecule has 0 amide bonds. The van der Waals surface area contributed by atoms with E-state index in [1.165, 1.54) is 16.8 Å². The maximum atomic E-state index is 12.0. The molecule has 4 rings (SSSR count). The van der Waals surface area contributed by atoms with Crippen molar-refractivity contribution in [2.24, 2.45) is 0 Å². The molecule has 1 saturated heterocycles. The van der Waals surface area contributed by atoms with Crippen molar-refractivity contribution in [2.75, 3.05) is 6.61 Å². The molecule has 0 radical (unpaired) electrons. The highest BCUT2D eigenvalue weighted by Crippen LogP contribution is 2.42. The number of ether oxygens (including phenoxy) is 2. The number of aliphatic hydroxyl groups excluding tert-OH is 1. The second-order valence-electron chi connectivity index (χ2n) is 5.20. The molecule has 1 fully saturated rings. The number of aromatic amines is 1. The molecular weight excluding hydrogens is 294 g/mol. The van der Waals surface area contributed by atoms with Gasteiger partial charge in [0.2, 0.25) is 0 Å². The van der Waals surface area contributed by atoms with E-state index in [1.54, 1.807) is 10.9 Å². The maximum Gasteiger partial charge on any atom is 0.330 e. The summed E-state index contributed by atoms with van der Waals surface area (Å²) in [6, 6.07) is 0.782.